The van der Waals surface area contributed by atoms with E-state index in [0.717, 1.165) is 5.88 Å². The minimum Gasteiger partial charge on any atom is -0.342 e. The first kappa shape index (κ1) is 25.5. The maximum atomic E-state index is 5.66. The Hall–Kier alpha value is 0.250. The first-order valence-electron chi connectivity index (χ1n) is 10.5. The van der Waals surface area contributed by atoms with Gasteiger partial charge < -0.3 is 4.90 Å². The number of hydrogen-bond donors (Lipinski definition) is 1. The van der Waals surface area contributed by atoms with Crippen LogP contribution in [0.5, 0.6) is 0 Å². The molecule has 0 aliphatic carbocycles. The first-order valence-corrected chi connectivity index (χ1v) is 11.0. The van der Waals surface area contributed by atoms with Gasteiger partial charge in [0.15, 0.2) is 0 Å². The summed E-state index contributed by atoms with van der Waals surface area (Å²) in [5, 5.41) is 0. The lowest BCUT2D eigenvalue weighted by Crippen LogP contribution is -3.02. The summed E-state index contributed by atoms with van der Waals surface area (Å²) in [7, 11) is 6.25. The van der Waals surface area contributed by atoms with Crippen LogP contribution in [0, 0.1) is 0 Å². The van der Waals surface area contributed by atoms with Crippen LogP contribution in [0.1, 0.15) is 110 Å². The minimum atomic E-state index is 0.846. The second-order valence-corrected chi connectivity index (χ2v) is 7.87. The zero-order valence-electron chi connectivity index (χ0n) is 16.9. The van der Waals surface area contributed by atoms with Crippen molar-refractivity contribution in [1.82, 2.24) is 0 Å². The average molecular weight is 349 g/mol. The molecule has 0 aromatic heterocycles. The molecular weight excluding hydrogens is 302 g/mol. The van der Waals surface area contributed by atoms with E-state index in [4.69, 9.17) is 11.6 Å². The van der Waals surface area contributed by atoms with E-state index in [-0.39, 0.29) is 0 Å². The lowest BCUT2D eigenvalue weighted by Gasteiger charge is -2.03. The maximum absolute atomic E-state index is 5.66. The van der Waals surface area contributed by atoms with Gasteiger partial charge in [0.05, 0.1) is 21.1 Å². The lowest BCUT2D eigenvalue weighted by atomic mass is 10.0. The normalized spacial score (nSPS) is 10.7. The summed E-state index contributed by atoms with van der Waals surface area (Å²) in [6, 6.07) is 0. The molecule has 0 unspecified atom stereocenters. The minimum absolute atomic E-state index is 0.846. The zero-order chi connectivity index (χ0) is 17.6. The van der Waals surface area contributed by atoms with E-state index >= 15 is 0 Å². The summed E-state index contributed by atoms with van der Waals surface area (Å²) in [4.78, 5) is 1.42. The maximum Gasteiger partial charge on any atom is 0.0661 e. The number of nitrogens with one attached hydrogen (secondary N) is 1. The Morgan fingerprint density at radius 1 is 0.478 bits per heavy atom. The highest BCUT2D eigenvalue weighted by Gasteiger charge is 1.94. The molecular formula is C21H47ClN+. The molecule has 0 aromatic carbocycles. The number of rotatable bonds is 16. The standard InChI is InChI=1S/C18H37Cl.C3H9N/c1-2-3-4-5-6-7-8-9-10-11-12-13-14-15-16-17-18-19;1-4(2)3/h2-18H2,1H3;1-3H3/p+1. The molecule has 1 N–H and O–H groups in total. The van der Waals surface area contributed by atoms with Gasteiger partial charge >= 0.3 is 0 Å². The molecule has 1 nitrogen and oxygen atoms in total. The van der Waals surface area contributed by atoms with E-state index in [1.807, 2.05) is 0 Å². The third-order valence-electron chi connectivity index (χ3n) is 3.99. The van der Waals surface area contributed by atoms with Crippen molar-refractivity contribution in [3.8, 4) is 0 Å². The van der Waals surface area contributed by atoms with Crippen LogP contribution in [0.15, 0.2) is 0 Å². The molecule has 0 saturated carbocycles. The van der Waals surface area contributed by atoms with E-state index in [0.29, 0.717) is 0 Å². The topological polar surface area (TPSA) is 4.44 Å². The number of halogens is 1. The molecule has 0 fully saturated rings. The molecule has 142 valence electrons. The Balaban J connectivity index is 0. The van der Waals surface area contributed by atoms with Gasteiger partial charge in [0, 0.05) is 5.88 Å². The summed E-state index contributed by atoms with van der Waals surface area (Å²) in [5.41, 5.74) is 0. The van der Waals surface area contributed by atoms with Crippen LogP contribution in [-0.4, -0.2) is 27.0 Å². The van der Waals surface area contributed by atoms with Crippen molar-refractivity contribution in [1.29, 1.82) is 0 Å². The van der Waals surface area contributed by atoms with E-state index in [9.17, 15) is 0 Å². The number of quaternary nitrogens is 1. The summed E-state index contributed by atoms with van der Waals surface area (Å²) in [6.07, 6.45) is 22.8. The molecule has 0 aliphatic heterocycles. The Bertz CT molecular complexity index is 164. The second-order valence-electron chi connectivity index (χ2n) is 7.49. The molecule has 2 heteroatoms. The predicted octanol–water partition coefficient (Wildman–Crippen LogP) is 6.25. The van der Waals surface area contributed by atoms with Crippen molar-refractivity contribution in [3.63, 3.8) is 0 Å². The van der Waals surface area contributed by atoms with Crippen molar-refractivity contribution < 1.29 is 4.90 Å². The number of alkyl halides is 1. The van der Waals surface area contributed by atoms with Crippen LogP contribution < -0.4 is 4.90 Å². The Morgan fingerprint density at radius 2 is 0.696 bits per heavy atom. The van der Waals surface area contributed by atoms with Crippen LogP contribution in [0.3, 0.4) is 0 Å². The molecule has 0 aliphatic rings. The highest BCUT2D eigenvalue weighted by atomic mass is 35.5. The van der Waals surface area contributed by atoms with Gasteiger partial charge in [0.2, 0.25) is 0 Å². The van der Waals surface area contributed by atoms with Crippen LogP contribution in [0.25, 0.3) is 0 Å². The molecule has 0 rings (SSSR count). The molecule has 0 aromatic rings. The quantitative estimate of drug-likeness (QED) is 0.248. The van der Waals surface area contributed by atoms with Crippen molar-refractivity contribution in [2.24, 2.45) is 0 Å². The third-order valence-corrected chi connectivity index (χ3v) is 4.25. The molecule has 0 bridgehead atoms. The summed E-state index contributed by atoms with van der Waals surface area (Å²) in [6.45, 7) is 2.29. The van der Waals surface area contributed by atoms with Crippen LogP contribution >= 0.6 is 11.6 Å². The number of hydrogen-bond acceptors (Lipinski definition) is 0. The second kappa shape index (κ2) is 24.5. The van der Waals surface area contributed by atoms with E-state index in [1.165, 1.54) is 108 Å². The Labute approximate surface area is 153 Å². The van der Waals surface area contributed by atoms with Gasteiger partial charge in [-0.25, -0.2) is 0 Å². The van der Waals surface area contributed by atoms with Crippen molar-refractivity contribution in [3.05, 3.63) is 0 Å². The largest absolute Gasteiger partial charge is 0.342 e. The fourth-order valence-electron chi connectivity index (χ4n) is 2.64. The fourth-order valence-corrected chi connectivity index (χ4v) is 2.83. The molecule has 23 heavy (non-hydrogen) atoms. The molecule has 0 heterocycles. The lowest BCUT2D eigenvalue weighted by molar-refractivity contribution is -0.836. The van der Waals surface area contributed by atoms with Crippen molar-refractivity contribution >= 4 is 11.6 Å². The first-order chi connectivity index (χ1) is 11.1. The van der Waals surface area contributed by atoms with Crippen LogP contribution in [0.4, 0.5) is 0 Å². The predicted molar refractivity (Wildman–Crippen MR) is 109 cm³/mol. The SMILES string of the molecule is CCCCCCCCCCCCCCCCCCCl.C[NH+](C)C. The van der Waals surface area contributed by atoms with E-state index < -0.39 is 0 Å². The van der Waals surface area contributed by atoms with Gasteiger partial charge in [-0.2, -0.15) is 0 Å². The molecule has 0 amide bonds. The van der Waals surface area contributed by atoms with Gasteiger partial charge in [-0.1, -0.05) is 103 Å². The van der Waals surface area contributed by atoms with Gasteiger partial charge in [0.25, 0.3) is 0 Å². The Morgan fingerprint density at radius 3 is 0.913 bits per heavy atom. The summed E-state index contributed by atoms with van der Waals surface area (Å²) >= 11 is 5.66. The molecule has 0 spiro atoms. The van der Waals surface area contributed by atoms with Gasteiger partial charge in [-0.3, -0.25) is 0 Å². The van der Waals surface area contributed by atoms with Crippen molar-refractivity contribution in [2.45, 2.75) is 110 Å². The molecule has 0 radical (unpaired) electrons. The van der Waals surface area contributed by atoms with E-state index in [1.54, 1.807) is 0 Å². The monoisotopic (exact) mass is 348 g/mol. The highest BCUT2D eigenvalue weighted by molar-refractivity contribution is 6.17. The fraction of sp³-hybridized carbons (Fsp3) is 1.00. The average Bonchev–Trinajstić information content (AvgIpc) is 2.50. The molecule has 0 atom stereocenters. The third kappa shape index (κ3) is 34.6. The number of unbranched alkanes of at least 4 members (excludes halogenated alkanes) is 15. The van der Waals surface area contributed by atoms with Gasteiger partial charge in [0.1, 0.15) is 0 Å². The smallest absolute Gasteiger partial charge is 0.0661 e. The Kier molecular flexibility index (Phi) is 27.2. The molecule has 0 saturated heterocycles. The zero-order valence-corrected chi connectivity index (χ0v) is 17.7. The van der Waals surface area contributed by atoms with Gasteiger partial charge in [-0.15, -0.1) is 11.6 Å². The summed E-state index contributed by atoms with van der Waals surface area (Å²) < 4.78 is 0. The van der Waals surface area contributed by atoms with E-state index in [2.05, 4.69) is 28.1 Å². The van der Waals surface area contributed by atoms with Crippen LogP contribution in [0.2, 0.25) is 0 Å². The van der Waals surface area contributed by atoms with Crippen molar-refractivity contribution in [2.75, 3.05) is 27.0 Å². The van der Waals surface area contributed by atoms with Gasteiger partial charge in [-0.05, 0) is 6.42 Å². The van der Waals surface area contributed by atoms with Crippen LogP contribution in [-0.2, 0) is 0 Å². The summed E-state index contributed by atoms with van der Waals surface area (Å²) in [5.74, 6) is 0.846. The highest BCUT2D eigenvalue weighted by Crippen LogP contribution is 2.13.